The van der Waals surface area contributed by atoms with Crippen LogP contribution in [-0.4, -0.2) is 59.5 Å². The van der Waals surface area contributed by atoms with Crippen molar-refractivity contribution in [2.75, 3.05) is 32.8 Å². The molecular weight excluding hydrogens is 470 g/mol. The summed E-state index contributed by atoms with van der Waals surface area (Å²) in [5, 5.41) is 0.950. The maximum atomic E-state index is 15.6. The molecule has 0 bridgehead atoms. The first-order chi connectivity index (χ1) is 17.2. The highest BCUT2D eigenvalue weighted by atomic mass is 19.3. The Bertz CT molecular complexity index is 1190. The molecule has 194 valence electrons. The van der Waals surface area contributed by atoms with E-state index < -0.39 is 30.1 Å². The smallest absolute Gasteiger partial charge is 0.257 e. The van der Waals surface area contributed by atoms with E-state index in [1.54, 1.807) is 0 Å². The summed E-state index contributed by atoms with van der Waals surface area (Å²) in [6.45, 7) is 5.11. The van der Waals surface area contributed by atoms with Gasteiger partial charge in [-0.25, -0.2) is 17.6 Å². The van der Waals surface area contributed by atoms with Gasteiger partial charge in [-0.2, -0.15) is 0 Å². The van der Waals surface area contributed by atoms with E-state index in [0.717, 1.165) is 49.3 Å². The Morgan fingerprint density at radius 3 is 2.44 bits per heavy atom. The molecule has 0 saturated carbocycles. The first-order valence-electron chi connectivity index (χ1n) is 12.8. The van der Waals surface area contributed by atoms with Crippen LogP contribution >= 0.6 is 0 Å². The van der Waals surface area contributed by atoms with Crippen molar-refractivity contribution < 1.29 is 22.3 Å². The van der Waals surface area contributed by atoms with Gasteiger partial charge in [0, 0.05) is 53.8 Å². The molecule has 1 fully saturated rings. The molecule has 4 nitrogen and oxygen atoms in total. The molecule has 36 heavy (non-hydrogen) atoms. The van der Waals surface area contributed by atoms with E-state index in [1.165, 1.54) is 23.5 Å². The molecule has 2 atom stereocenters. The van der Waals surface area contributed by atoms with Gasteiger partial charge in [0.15, 0.2) is 0 Å². The standard InChI is InChI=1S/C28H33F4N3O/c1-18-14-21-20-8-4-5-9-24(20)33-26(21)27(35(18)17-28(2,31)32)25-22(29)15-19(16-23(25)30)36-13-12-34-10-6-3-7-11-34/h4-5,8-9,15-16,18,27,33H,3,6-7,10-14,17H2,1-2H3/t18-,27-/m1/s1. The normalized spacial score (nSPS) is 21.6. The molecule has 5 rings (SSSR count). The molecule has 3 aromatic rings. The maximum absolute atomic E-state index is 15.6. The highest BCUT2D eigenvalue weighted by Crippen LogP contribution is 2.43. The van der Waals surface area contributed by atoms with Crippen molar-refractivity contribution in [2.45, 2.75) is 57.5 Å². The topological polar surface area (TPSA) is 31.5 Å². The van der Waals surface area contributed by atoms with Gasteiger partial charge >= 0.3 is 0 Å². The quantitative estimate of drug-likeness (QED) is 0.384. The van der Waals surface area contributed by atoms with Crippen LogP contribution in [0.1, 0.15) is 56.0 Å². The Labute approximate surface area is 209 Å². The maximum Gasteiger partial charge on any atom is 0.257 e. The minimum atomic E-state index is -3.03. The highest BCUT2D eigenvalue weighted by molar-refractivity contribution is 5.85. The van der Waals surface area contributed by atoms with Gasteiger partial charge in [0.2, 0.25) is 0 Å². The van der Waals surface area contributed by atoms with E-state index in [2.05, 4.69) is 9.88 Å². The summed E-state index contributed by atoms with van der Waals surface area (Å²) < 4.78 is 65.4. The minimum Gasteiger partial charge on any atom is -0.492 e. The Balaban J connectivity index is 1.49. The first-order valence-corrected chi connectivity index (χ1v) is 12.8. The van der Waals surface area contributed by atoms with Crippen LogP contribution in [0, 0.1) is 11.6 Å². The summed E-state index contributed by atoms with van der Waals surface area (Å²) in [5.41, 5.74) is 2.07. The summed E-state index contributed by atoms with van der Waals surface area (Å²) in [4.78, 5) is 7.08. The zero-order chi connectivity index (χ0) is 25.4. The second-order valence-corrected chi connectivity index (χ2v) is 10.3. The summed E-state index contributed by atoms with van der Waals surface area (Å²) in [5.74, 6) is -4.51. The van der Waals surface area contributed by atoms with Crippen molar-refractivity contribution in [1.29, 1.82) is 0 Å². The number of alkyl halides is 2. The fourth-order valence-electron chi connectivity index (χ4n) is 5.77. The molecule has 2 aliphatic heterocycles. The molecule has 2 aromatic carbocycles. The molecule has 0 spiro atoms. The van der Waals surface area contributed by atoms with Gasteiger partial charge in [0.05, 0.1) is 12.6 Å². The largest absolute Gasteiger partial charge is 0.492 e. The van der Waals surface area contributed by atoms with Gasteiger partial charge in [-0.15, -0.1) is 0 Å². The Kier molecular flexibility index (Phi) is 7.01. The van der Waals surface area contributed by atoms with Crippen LogP contribution in [-0.2, 0) is 6.42 Å². The monoisotopic (exact) mass is 503 g/mol. The number of H-pyrrole nitrogens is 1. The second-order valence-electron chi connectivity index (χ2n) is 10.3. The fraction of sp³-hybridized carbons (Fsp3) is 0.500. The lowest BCUT2D eigenvalue weighted by atomic mass is 9.87. The number of aromatic amines is 1. The molecule has 3 heterocycles. The third kappa shape index (κ3) is 5.11. The number of rotatable bonds is 7. The van der Waals surface area contributed by atoms with E-state index >= 15 is 8.78 Å². The number of para-hydroxylation sites is 1. The van der Waals surface area contributed by atoms with E-state index in [4.69, 9.17) is 4.74 Å². The third-order valence-electron chi connectivity index (χ3n) is 7.43. The van der Waals surface area contributed by atoms with Gasteiger partial charge in [-0.1, -0.05) is 24.6 Å². The molecule has 1 N–H and O–H groups in total. The number of fused-ring (bicyclic) bond motifs is 3. The van der Waals surface area contributed by atoms with E-state index in [1.807, 2.05) is 31.2 Å². The second kappa shape index (κ2) is 10.1. The zero-order valence-corrected chi connectivity index (χ0v) is 20.8. The molecule has 0 aliphatic carbocycles. The summed E-state index contributed by atoms with van der Waals surface area (Å²) in [6, 6.07) is 8.62. The van der Waals surface area contributed by atoms with Crippen molar-refractivity contribution in [3.8, 4) is 5.75 Å². The summed E-state index contributed by atoms with van der Waals surface area (Å²) >= 11 is 0. The van der Waals surface area contributed by atoms with Gasteiger partial charge in [-0.3, -0.25) is 9.80 Å². The van der Waals surface area contributed by atoms with Gasteiger partial charge in [0.1, 0.15) is 24.0 Å². The van der Waals surface area contributed by atoms with Gasteiger partial charge in [0.25, 0.3) is 5.92 Å². The number of ether oxygens (including phenoxy) is 1. The lowest BCUT2D eigenvalue weighted by Crippen LogP contribution is -2.47. The predicted molar refractivity (Wildman–Crippen MR) is 133 cm³/mol. The molecule has 2 aliphatic rings. The summed E-state index contributed by atoms with van der Waals surface area (Å²) in [7, 11) is 0. The van der Waals surface area contributed by atoms with Crippen LogP contribution in [0.15, 0.2) is 36.4 Å². The number of likely N-dealkylation sites (tertiary alicyclic amines) is 1. The van der Waals surface area contributed by atoms with Crippen molar-refractivity contribution in [3.63, 3.8) is 0 Å². The number of hydrogen-bond donors (Lipinski definition) is 1. The molecule has 0 amide bonds. The minimum absolute atomic E-state index is 0.110. The highest BCUT2D eigenvalue weighted by Gasteiger charge is 2.42. The molecule has 8 heteroatoms. The number of nitrogens with zero attached hydrogens (tertiary/aromatic N) is 2. The SMILES string of the molecule is C[C@@H]1Cc2c([nH]c3ccccc23)[C@@H](c2c(F)cc(OCCN3CCCCC3)cc2F)N1CC(C)(F)F. The van der Waals surface area contributed by atoms with E-state index in [-0.39, 0.29) is 17.4 Å². The first kappa shape index (κ1) is 25.1. The van der Waals surface area contributed by atoms with Crippen molar-refractivity contribution >= 4 is 10.9 Å². The average Bonchev–Trinajstić information content (AvgIpc) is 3.18. The number of benzene rings is 2. The van der Waals surface area contributed by atoms with Crippen LogP contribution in [0.3, 0.4) is 0 Å². The van der Waals surface area contributed by atoms with E-state index in [9.17, 15) is 8.78 Å². The number of hydrogen-bond acceptors (Lipinski definition) is 3. The Morgan fingerprint density at radius 1 is 1.06 bits per heavy atom. The number of nitrogens with one attached hydrogen (secondary N) is 1. The molecule has 1 saturated heterocycles. The van der Waals surface area contributed by atoms with Crippen LogP contribution in [0.4, 0.5) is 17.6 Å². The van der Waals surface area contributed by atoms with Gasteiger partial charge in [-0.05, 0) is 50.9 Å². The van der Waals surface area contributed by atoms with Crippen molar-refractivity contribution in [2.24, 2.45) is 0 Å². The average molecular weight is 504 g/mol. The van der Waals surface area contributed by atoms with E-state index in [0.29, 0.717) is 25.3 Å². The van der Waals surface area contributed by atoms with Crippen molar-refractivity contribution in [1.82, 2.24) is 14.8 Å². The fourth-order valence-corrected chi connectivity index (χ4v) is 5.77. The van der Waals surface area contributed by atoms with Crippen LogP contribution in [0.5, 0.6) is 5.75 Å². The molecule has 1 aromatic heterocycles. The zero-order valence-electron chi connectivity index (χ0n) is 20.8. The number of aromatic nitrogens is 1. The lowest BCUT2D eigenvalue weighted by Gasteiger charge is -2.42. The molecule has 0 unspecified atom stereocenters. The predicted octanol–water partition coefficient (Wildman–Crippen LogP) is 6.30. The summed E-state index contributed by atoms with van der Waals surface area (Å²) in [6.07, 6.45) is 4.04. The van der Waals surface area contributed by atoms with Crippen LogP contribution < -0.4 is 4.74 Å². The van der Waals surface area contributed by atoms with Crippen LogP contribution in [0.2, 0.25) is 0 Å². The van der Waals surface area contributed by atoms with Crippen LogP contribution in [0.25, 0.3) is 10.9 Å². The van der Waals surface area contributed by atoms with Crippen molar-refractivity contribution in [3.05, 3.63) is 64.9 Å². The Morgan fingerprint density at radius 2 is 1.75 bits per heavy atom. The molecular formula is C28H33F4N3O. The lowest BCUT2D eigenvalue weighted by molar-refractivity contribution is -0.0374. The van der Waals surface area contributed by atoms with Gasteiger partial charge < -0.3 is 9.72 Å². The number of piperidine rings is 1. The molecule has 0 radical (unpaired) electrons. The third-order valence-corrected chi connectivity index (χ3v) is 7.43. The number of halogens is 4. The Hall–Kier alpha value is -2.58.